The largest absolute Gasteiger partial charge is 0.505 e. The highest BCUT2D eigenvalue weighted by atomic mass is 35.5. The maximum Gasteiger partial charge on any atom is 0.152 e. The molecule has 36 heavy (non-hydrogen) atoms. The van der Waals surface area contributed by atoms with Gasteiger partial charge in [0.25, 0.3) is 0 Å². The third kappa shape index (κ3) is 4.69. The Morgan fingerprint density at radius 3 is 2.44 bits per heavy atom. The number of nitrogens with two attached hydrogens (primary N) is 1. The Morgan fingerprint density at radius 1 is 0.972 bits per heavy atom. The number of anilines is 3. The normalized spacial score (nSPS) is 17.6. The van der Waals surface area contributed by atoms with Crippen LogP contribution < -0.4 is 16.0 Å². The van der Waals surface area contributed by atoms with Gasteiger partial charge in [-0.15, -0.1) is 0 Å². The lowest BCUT2D eigenvalue weighted by molar-refractivity contribution is 0.476. The Labute approximate surface area is 220 Å². The van der Waals surface area contributed by atoms with E-state index in [0.717, 1.165) is 65.2 Å². The van der Waals surface area contributed by atoms with Crippen LogP contribution in [0.4, 0.5) is 17.2 Å². The van der Waals surface area contributed by atoms with Crippen molar-refractivity contribution in [3.8, 4) is 16.9 Å². The van der Waals surface area contributed by atoms with Crippen LogP contribution in [0.15, 0.2) is 54.9 Å². The molecule has 0 radical (unpaired) electrons. The van der Waals surface area contributed by atoms with Gasteiger partial charge in [0.05, 0.1) is 33.1 Å². The molecule has 184 valence electrons. The number of rotatable bonds is 6. The minimum absolute atomic E-state index is 0.106. The molecule has 1 aliphatic carbocycles. The number of hydrogen-bond acceptors (Lipinski definition) is 6. The molecule has 2 aliphatic rings. The molecule has 1 saturated carbocycles. The monoisotopic (exact) mass is 519 g/mol. The van der Waals surface area contributed by atoms with Crippen LogP contribution in [0.3, 0.4) is 0 Å². The van der Waals surface area contributed by atoms with Crippen molar-refractivity contribution < 1.29 is 5.11 Å². The van der Waals surface area contributed by atoms with E-state index in [1.165, 1.54) is 18.4 Å². The third-order valence-electron chi connectivity index (χ3n) is 7.07. The summed E-state index contributed by atoms with van der Waals surface area (Å²) < 4.78 is 0. The number of phenolic OH excluding ortho intramolecular Hbond substituents is 1. The zero-order valence-corrected chi connectivity index (χ0v) is 21.2. The predicted molar refractivity (Wildman–Crippen MR) is 148 cm³/mol. The van der Waals surface area contributed by atoms with E-state index in [1.807, 2.05) is 24.5 Å². The quantitative estimate of drug-likeness (QED) is 0.268. The Morgan fingerprint density at radius 2 is 1.78 bits per heavy atom. The zero-order valence-electron chi connectivity index (χ0n) is 19.7. The molecule has 4 N–H and O–H groups in total. The number of nitrogens with one attached hydrogen (secondary N) is 1. The van der Waals surface area contributed by atoms with Crippen LogP contribution >= 0.6 is 23.2 Å². The van der Waals surface area contributed by atoms with Crippen molar-refractivity contribution in [3.63, 3.8) is 0 Å². The summed E-state index contributed by atoms with van der Waals surface area (Å²) in [5, 5.41) is 15.1. The molecule has 3 heterocycles. The van der Waals surface area contributed by atoms with E-state index >= 15 is 0 Å². The lowest BCUT2D eigenvalue weighted by Crippen LogP contribution is -2.26. The average molecular weight is 520 g/mol. The number of hydrogen-bond donors (Lipinski definition) is 3. The van der Waals surface area contributed by atoms with Gasteiger partial charge in [0, 0.05) is 30.7 Å². The molecular formula is C28H27Cl2N5O. The van der Waals surface area contributed by atoms with E-state index in [1.54, 1.807) is 12.1 Å². The van der Waals surface area contributed by atoms with Crippen molar-refractivity contribution in [2.45, 2.75) is 31.7 Å². The smallest absolute Gasteiger partial charge is 0.152 e. The highest BCUT2D eigenvalue weighted by Crippen LogP contribution is 2.40. The summed E-state index contributed by atoms with van der Waals surface area (Å²) in [5.41, 5.74) is 11.9. The fraction of sp³-hybridized carbons (Fsp3) is 0.286. The highest BCUT2D eigenvalue weighted by molar-refractivity contribution is 6.37. The molecule has 2 fully saturated rings. The minimum atomic E-state index is -0.106. The van der Waals surface area contributed by atoms with Gasteiger partial charge in [0.1, 0.15) is 5.82 Å². The molecule has 1 aliphatic heterocycles. The maximum absolute atomic E-state index is 9.99. The van der Waals surface area contributed by atoms with Crippen molar-refractivity contribution in [2.75, 3.05) is 23.3 Å². The van der Waals surface area contributed by atoms with Crippen LogP contribution in [-0.2, 0) is 6.42 Å². The first-order chi connectivity index (χ1) is 17.4. The summed E-state index contributed by atoms with van der Waals surface area (Å²) >= 11 is 12.4. The first-order valence-corrected chi connectivity index (χ1v) is 13.0. The van der Waals surface area contributed by atoms with E-state index in [4.69, 9.17) is 38.9 Å². The second-order valence-electron chi connectivity index (χ2n) is 9.85. The van der Waals surface area contributed by atoms with Gasteiger partial charge < -0.3 is 21.1 Å². The molecular weight excluding hydrogens is 493 g/mol. The fourth-order valence-corrected chi connectivity index (χ4v) is 5.35. The Balaban J connectivity index is 1.39. The minimum Gasteiger partial charge on any atom is -0.505 e. The zero-order chi connectivity index (χ0) is 24.8. The van der Waals surface area contributed by atoms with Gasteiger partial charge in [-0.05, 0) is 84.7 Å². The van der Waals surface area contributed by atoms with Crippen molar-refractivity contribution in [2.24, 2.45) is 11.7 Å². The molecule has 6 nitrogen and oxygen atoms in total. The van der Waals surface area contributed by atoms with E-state index in [2.05, 4.69) is 28.4 Å². The second-order valence-corrected chi connectivity index (χ2v) is 10.7. The molecule has 0 spiro atoms. The summed E-state index contributed by atoms with van der Waals surface area (Å²) in [7, 11) is 0. The van der Waals surface area contributed by atoms with E-state index in [9.17, 15) is 5.11 Å². The first kappa shape index (κ1) is 23.3. The van der Waals surface area contributed by atoms with Crippen LogP contribution in [0, 0.1) is 5.92 Å². The number of aromatic hydroxyl groups is 1. The van der Waals surface area contributed by atoms with Crippen molar-refractivity contribution in [1.29, 1.82) is 0 Å². The molecule has 0 bridgehead atoms. The van der Waals surface area contributed by atoms with Crippen LogP contribution in [0.1, 0.15) is 24.8 Å². The standard InChI is InChI=1S/C28H27Cl2N5O/c29-23-11-18(12-24(30)28(23)36)17-3-5-25-22(10-17)27(19(13-32-25)9-16-1-2-16)34-21-4-6-26(33-14-21)35-8-7-20(31)15-35/h3-6,10-14,16,20,36H,1-2,7-9,15,31H2,(H,32,34). The summed E-state index contributed by atoms with van der Waals surface area (Å²) in [6.07, 6.45) is 8.38. The van der Waals surface area contributed by atoms with Crippen LogP contribution in [0.25, 0.3) is 22.0 Å². The summed E-state index contributed by atoms with van der Waals surface area (Å²) in [6.45, 7) is 1.78. The van der Waals surface area contributed by atoms with E-state index in [0.29, 0.717) is 5.92 Å². The lowest BCUT2D eigenvalue weighted by atomic mass is 9.99. The number of aromatic nitrogens is 2. The summed E-state index contributed by atoms with van der Waals surface area (Å²) in [4.78, 5) is 11.7. The molecule has 0 amide bonds. The molecule has 1 unspecified atom stereocenters. The van der Waals surface area contributed by atoms with E-state index in [-0.39, 0.29) is 21.8 Å². The number of phenols is 1. The molecule has 6 rings (SSSR count). The third-order valence-corrected chi connectivity index (χ3v) is 7.64. The summed E-state index contributed by atoms with van der Waals surface area (Å²) in [6, 6.07) is 13.9. The fourth-order valence-electron chi connectivity index (χ4n) is 4.87. The number of halogens is 2. The van der Waals surface area contributed by atoms with Gasteiger partial charge in [-0.25, -0.2) is 4.98 Å². The van der Waals surface area contributed by atoms with Crippen LogP contribution in [0.5, 0.6) is 5.75 Å². The maximum atomic E-state index is 9.99. The lowest BCUT2D eigenvalue weighted by Gasteiger charge is -2.18. The second kappa shape index (κ2) is 9.43. The van der Waals surface area contributed by atoms with Crippen LogP contribution in [-0.4, -0.2) is 34.2 Å². The van der Waals surface area contributed by atoms with E-state index < -0.39 is 0 Å². The number of fused-ring (bicyclic) bond motifs is 1. The van der Waals surface area contributed by atoms with Gasteiger partial charge in [0.15, 0.2) is 5.75 Å². The molecule has 8 heteroatoms. The molecule has 1 saturated heterocycles. The Hall–Kier alpha value is -3.06. The summed E-state index contributed by atoms with van der Waals surface area (Å²) in [5.74, 6) is 1.56. The predicted octanol–water partition coefficient (Wildman–Crippen LogP) is 6.54. The number of nitrogens with zero attached hydrogens (tertiary/aromatic N) is 3. The average Bonchev–Trinajstić information content (AvgIpc) is 3.60. The van der Waals surface area contributed by atoms with Gasteiger partial charge in [-0.3, -0.25) is 4.98 Å². The Bertz CT molecular complexity index is 1420. The molecule has 2 aromatic carbocycles. The first-order valence-electron chi connectivity index (χ1n) is 12.3. The molecule has 4 aromatic rings. The van der Waals surface area contributed by atoms with Crippen molar-refractivity contribution >= 4 is 51.3 Å². The molecule has 1 atom stereocenters. The topological polar surface area (TPSA) is 87.3 Å². The number of pyridine rings is 2. The number of benzene rings is 2. The van der Waals surface area contributed by atoms with Crippen molar-refractivity contribution in [1.82, 2.24) is 9.97 Å². The van der Waals surface area contributed by atoms with Gasteiger partial charge >= 0.3 is 0 Å². The van der Waals surface area contributed by atoms with Gasteiger partial charge in [0.2, 0.25) is 0 Å². The SMILES string of the molecule is NC1CCN(c2ccc(Nc3c(CC4CC4)cnc4ccc(-c5cc(Cl)c(O)c(Cl)c5)cc34)cn2)C1. The van der Waals surface area contributed by atoms with Gasteiger partial charge in [-0.1, -0.05) is 29.3 Å². The Kier molecular flexibility index (Phi) is 6.12. The van der Waals surface area contributed by atoms with Crippen molar-refractivity contribution in [3.05, 3.63) is 70.5 Å². The highest BCUT2D eigenvalue weighted by Gasteiger charge is 2.24. The molecule has 2 aromatic heterocycles. The van der Waals surface area contributed by atoms with Crippen LogP contribution in [0.2, 0.25) is 10.0 Å². The van der Waals surface area contributed by atoms with Gasteiger partial charge in [-0.2, -0.15) is 0 Å².